The van der Waals surface area contributed by atoms with Crippen LogP contribution in [0, 0.1) is 44.1 Å². The van der Waals surface area contributed by atoms with E-state index in [0.29, 0.717) is 0 Å². The predicted octanol–water partition coefficient (Wildman–Crippen LogP) is 1.24. The number of anilines is 1. The van der Waals surface area contributed by atoms with E-state index < -0.39 is 31.7 Å². The van der Waals surface area contributed by atoms with Crippen LogP contribution in [-0.2, 0) is 9.84 Å². The third-order valence-corrected chi connectivity index (χ3v) is 3.55. The molecular formula is C12H7N5O4S. The molecule has 1 rings (SSSR count). The molecular weight excluding hydrogens is 310 g/mol. The van der Waals surface area contributed by atoms with E-state index in [-0.39, 0.29) is 10.6 Å². The molecule has 0 amide bonds. The van der Waals surface area contributed by atoms with Crippen molar-refractivity contribution < 1.29 is 13.3 Å². The molecule has 0 fully saturated rings. The second-order valence-corrected chi connectivity index (χ2v) is 5.93. The highest BCUT2D eigenvalue weighted by molar-refractivity contribution is 7.90. The zero-order valence-electron chi connectivity index (χ0n) is 11.1. The van der Waals surface area contributed by atoms with Gasteiger partial charge in [-0.1, -0.05) is 0 Å². The minimum atomic E-state index is -3.65. The Balaban J connectivity index is 3.49. The Morgan fingerprint density at radius 1 is 1.23 bits per heavy atom. The Kier molecular flexibility index (Phi) is 4.80. The Hall–Kier alpha value is -3.42. The third kappa shape index (κ3) is 3.57. The van der Waals surface area contributed by atoms with Crippen molar-refractivity contribution in [1.82, 2.24) is 0 Å². The number of hydrogen-bond acceptors (Lipinski definition) is 8. The highest BCUT2D eigenvalue weighted by Gasteiger charge is 2.20. The number of nitro benzene ring substituents is 1. The molecule has 110 valence electrons. The summed E-state index contributed by atoms with van der Waals surface area (Å²) in [6.07, 6.45) is 0.892. The van der Waals surface area contributed by atoms with E-state index in [2.05, 4.69) is 5.32 Å². The Morgan fingerprint density at radius 2 is 1.82 bits per heavy atom. The van der Waals surface area contributed by atoms with Crippen LogP contribution < -0.4 is 5.32 Å². The zero-order chi connectivity index (χ0) is 16.9. The van der Waals surface area contributed by atoms with E-state index in [4.69, 9.17) is 15.8 Å². The highest BCUT2D eigenvalue weighted by Crippen LogP contribution is 2.28. The molecule has 0 atom stereocenters. The Morgan fingerprint density at radius 3 is 2.23 bits per heavy atom. The molecule has 0 aliphatic heterocycles. The van der Waals surface area contributed by atoms with Gasteiger partial charge >= 0.3 is 0 Å². The SMILES string of the molecule is CS(=O)(=O)c1ccc(NC(C#N)=C(C#N)C#N)c([N+](=O)[O-])c1. The molecule has 9 nitrogen and oxygen atoms in total. The molecule has 0 saturated carbocycles. The van der Waals surface area contributed by atoms with Crippen LogP contribution in [-0.4, -0.2) is 19.6 Å². The summed E-state index contributed by atoms with van der Waals surface area (Å²) in [5.74, 6) is 0. The number of nitrogens with one attached hydrogen (secondary N) is 1. The van der Waals surface area contributed by atoms with Gasteiger partial charge in [-0.25, -0.2) is 8.42 Å². The summed E-state index contributed by atoms with van der Waals surface area (Å²) in [4.78, 5) is 9.91. The van der Waals surface area contributed by atoms with E-state index in [1.54, 1.807) is 6.07 Å². The average molecular weight is 317 g/mol. The lowest BCUT2D eigenvalue weighted by atomic mass is 10.2. The smallest absolute Gasteiger partial charge is 0.293 e. The zero-order valence-corrected chi connectivity index (χ0v) is 11.9. The maximum absolute atomic E-state index is 11.4. The van der Waals surface area contributed by atoms with Crippen molar-refractivity contribution in [2.75, 3.05) is 11.6 Å². The molecule has 0 aromatic heterocycles. The Labute approximate surface area is 125 Å². The van der Waals surface area contributed by atoms with Crippen LogP contribution in [0.2, 0.25) is 0 Å². The minimum absolute atomic E-state index is 0.211. The number of rotatable bonds is 4. The number of nitriles is 3. The quantitative estimate of drug-likeness (QED) is 0.492. The topological polar surface area (TPSA) is 161 Å². The number of benzene rings is 1. The average Bonchev–Trinajstić information content (AvgIpc) is 2.46. The normalized spacial score (nSPS) is 9.73. The van der Waals surface area contributed by atoms with Gasteiger partial charge in [0.2, 0.25) is 0 Å². The summed E-state index contributed by atoms with van der Waals surface area (Å²) in [7, 11) is -3.65. The van der Waals surface area contributed by atoms with Gasteiger partial charge in [0.25, 0.3) is 5.69 Å². The van der Waals surface area contributed by atoms with E-state index in [9.17, 15) is 18.5 Å². The van der Waals surface area contributed by atoms with Gasteiger partial charge in [0.1, 0.15) is 29.6 Å². The molecule has 1 N–H and O–H groups in total. The van der Waals surface area contributed by atoms with Gasteiger partial charge in [0, 0.05) is 12.3 Å². The summed E-state index contributed by atoms with van der Waals surface area (Å²) in [5, 5.41) is 39.6. The minimum Gasteiger partial charge on any atom is -0.340 e. The number of hydrogen-bond donors (Lipinski definition) is 1. The second-order valence-electron chi connectivity index (χ2n) is 3.92. The number of nitro groups is 1. The fourth-order valence-electron chi connectivity index (χ4n) is 1.42. The van der Waals surface area contributed by atoms with Crippen molar-refractivity contribution in [3.8, 4) is 18.2 Å². The predicted molar refractivity (Wildman–Crippen MR) is 73.7 cm³/mol. The van der Waals surface area contributed by atoms with E-state index >= 15 is 0 Å². The first-order chi connectivity index (χ1) is 10.2. The largest absolute Gasteiger partial charge is 0.340 e. The molecule has 0 radical (unpaired) electrons. The maximum Gasteiger partial charge on any atom is 0.293 e. The lowest BCUT2D eigenvalue weighted by Crippen LogP contribution is -2.05. The molecule has 0 aliphatic carbocycles. The fourth-order valence-corrected chi connectivity index (χ4v) is 2.06. The van der Waals surface area contributed by atoms with Gasteiger partial charge in [0.15, 0.2) is 15.4 Å². The van der Waals surface area contributed by atoms with E-state index in [1.807, 2.05) is 0 Å². The van der Waals surface area contributed by atoms with Gasteiger partial charge in [-0.15, -0.1) is 0 Å². The lowest BCUT2D eigenvalue weighted by molar-refractivity contribution is -0.384. The molecule has 22 heavy (non-hydrogen) atoms. The van der Waals surface area contributed by atoms with Gasteiger partial charge in [-0.2, -0.15) is 15.8 Å². The number of nitrogens with zero attached hydrogens (tertiary/aromatic N) is 4. The Bertz CT molecular complexity index is 881. The van der Waals surface area contributed by atoms with Crippen molar-refractivity contribution in [2.45, 2.75) is 4.90 Å². The lowest BCUT2D eigenvalue weighted by Gasteiger charge is -2.07. The molecule has 10 heteroatoms. The molecule has 0 aliphatic rings. The molecule has 1 aromatic rings. The van der Waals surface area contributed by atoms with Crippen molar-refractivity contribution in [2.24, 2.45) is 0 Å². The van der Waals surface area contributed by atoms with Crippen LogP contribution in [0.5, 0.6) is 0 Å². The van der Waals surface area contributed by atoms with Crippen molar-refractivity contribution >= 4 is 21.2 Å². The first-order valence-corrected chi connectivity index (χ1v) is 7.33. The summed E-state index contributed by atoms with van der Waals surface area (Å²) < 4.78 is 22.8. The molecule has 0 saturated heterocycles. The standard InChI is InChI=1S/C12H7N5O4S/c1-22(20,21)9-2-3-10(12(4-9)17(18)19)16-11(7-15)8(5-13)6-14/h2-4,16H,1H3. The van der Waals surface area contributed by atoms with Crippen LogP contribution in [0.25, 0.3) is 0 Å². The number of allylic oxidation sites excluding steroid dienone is 2. The van der Waals surface area contributed by atoms with E-state index in [1.165, 1.54) is 12.1 Å². The molecule has 1 aromatic carbocycles. The van der Waals surface area contributed by atoms with Crippen molar-refractivity contribution in [3.63, 3.8) is 0 Å². The van der Waals surface area contributed by atoms with Gasteiger partial charge in [-0.3, -0.25) is 10.1 Å². The molecule has 0 spiro atoms. The molecule has 0 heterocycles. The fraction of sp³-hybridized carbons (Fsp3) is 0.0833. The van der Waals surface area contributed by atoms with Crippen LogP contribution >= 0.6 is 0 Å². The van der Waals surface area contributed by atoms with E-state index in [0.717, 1.165) is 24.5 Å². The molecule has 0 unspecified atom stereocenters. The van der Waals surface area contributed by atoms with Gasteiger partial charge < -0.3 is 5.32 Å². The summed E-state index contributed by atoms with van der Waals surface area (Å²) in [6.45, 7) is 0. The first kappa shape index (κ1) is 16.6. The summed E-state index contributed by atoms with van der Waals surface area (Å²) >= 11 is 0. The first-order valence-electron chi connectivity index (χ1n) is 5.44. The third-order valence-electron chi connectivity index (χ3n) is 2.44. The number of sulfone groups is 1. The van der Waals surface area contributed by atoms with Crippen LogP contribution in [0.3, 0.4) is 0 Å². The monoisotopic (exact) mass is 317 g/mol. The second kappa shape index (κ2) is 6.35. The summed E-state index contributed by atoms with van der Waals surface area (Å²) in [6, 6.07) is 7.51. The van der Waals surface area contributed by atoms with Crippen LogP contribution in [0.15, 0.2) is 34.4 Å². The van der Waals surface area contributed by atoms with Crippen LogP contribution in [0.4, 0.5) is 11.4 Å². The van der Waals surface area contributed by atoms with Crippen molar-refractivity contribution in [3.05, 3.63) is 39.6 Å². The molecule has 0 bridgehead atoms. The maximum atomic E-state index is 11.4. The van der Waals surface area contributed by atoms with Gasteiger partial charge in [0.05, 0.1) is 9.82 Å². The van der Waals surface area contributed by atoms with Gasteiger partial charge in [-0.05, 0) is 12.1 Å². The van der Waals surface area contributed by atoms with Crippen LogP contribution in [0.1, 0.15) is 0 Å². The highest BCUT2D eigenvalue weighted by atomic mass is 32.2. The van der Waals surface area contributed by atoms with Crippen molar-refractivity contribution in [1.29, 1.82) is 15.8 Å². The summed E-state index contributed by atoms with van der Waals surface area (Å²) in [5.41, 5.74) is -1.84.